The highest BCUT2D eigenvalue weighted by molar-refractivity contribution is 7.13. The lowest BCUT2D eigenvalue weighted by atomic mass is 10.1. The van der Waals surface area contributed by atoms with Gasteiger partial charge in [-0.3, -0.25) is 4.79 Å². The summed E-state index contributed by atoms with van der Waals surface area (Å²) in [6.07, 6.45) is 1.84. The smallest absolute Gasteiger partial charge is 0.266 e. The van der Waals surface area contributed by atoms with E-state index in [1.165, 1.54) is 16.9 Å². The maximum Gasteiger partial charge on any atom is 0.266 e. The van der Waals surface area contributed by atoms with E-state index in [0.717, 1.165) is 28.4 Å². The van der Waals surface area contributed by atoms with Gasteiger partial charge in [0, 0.05) is 19.5 Å². The van der Waals surface area contributed by atoms with Crippen molar-refractivity contribution in [2.75, 3.05) is 26.3 Å². The number of aromatic nitrogens is 1. The standard InChI is InChI=1S/C17H20N2O2S/c1-13-16(17(20)19-9-11-21-12-10-19)22-15(18-13)8-7-14-5-3-2-4-6-14/h2-6H,7-12H2,1H3. The van der Waals surface area contributed by atoms with Crippen LogP contribution in [0.25, 0.3) is 0 Å². The molecule has 1 aromatic heterocycles. The summed E-state index contributed by atoms with van der Waals surface area (Å²) in [5.74, 6) is 0.101. The number of hydrogen-bond donors (Lipinski definition) is 0. The first kappa shape index (κ1) is 15.2. The molecule has 4 nitrogen and oxygen atoms in total. The Morgan fingerprint density at radius 1 is 1.23 bits per heavy atom. The molecule has 3 rings (SSSR count). The summed E-state index contributed by atoms with van der Waals surface area (Å²) in [6.45, 7) is 4.54. The molecular formula is C17H20N2O2S. The van der Waals surface area contributed by atoms with Crippen molar-refractivity contribution in [1.82, 2.24) is 9.88 Å². The van der Waals surface area contributed by atoms with E-state index in [1.807, 2.05) is 17.9 Å². The van der Waals surface area contributed by atoms with Crippen LogP contribution in [-0.2, 0) is 17.6 Å². The third kappa shape index (κ3) is 3.54. The number of rotatable bonds is 4. The zero-order chi connectivity index (χ0) is 15.4. The quantitative estimate of drug-likeness (QED) is 0.871. The van der Waals surface area contributed by atoms with E-state index in [1.54, 1.807) is 0 Å². The molecule has 0 atom stereocenters. The molecule has 0 aliphatic carbocycles. The summed E-state index contributed by atoms with van der Waals surface area (Å²) < 4.78 is 5.30. The van der Waals surface area contributed by atoms with Gasteiger partial charge < -0.3 is 9.64 Å². The number of thiazole rings is 1. The second-order valence-electron chi connectivity index (χ2n) is 5.41. The molecule has 1 aliphatic heterocycles. The Bertz CT molecular complexity index is 633. The van der Waals surface area contributed by atoms with Gasteiger partial charge in [0.15, 0.2) is 0 Å². The van der Waals surface area contributed by atoms with Gasteiger partial charge in [0.2, 0.25) is 0 Å². The van der Waals surface area contributed by atoms with Crippen molar-refractivity contribution in [3.8, 4) is 0 Å². The molecule has 0 spiro atoms. The Hall–Kier alpha value is -1.72. The lowest BCUT2D eigenvalue weighted by molar-refractivity contribution is 0.0305. The number of carbonyl (C=O) groups excluding carboxylic acids is 1. The molecule has 5 heteroatoms. The molecule has 22 heavy (non-hydrogen) atoms. The summed E-state index contributed by atoms with van der Waals surface area (Å²) in [4.78, 5) is 19.8. The highest BCUT2D eigenvalue weighted by atomic mass is 32.1. The summed E-state index contributed by atoms with van der Waals surface area (Å²) in [5, 5.41) is 1.04. The van der Waals surface area contributed by atoms with Gasteiger partial charge in [0.1, 0.15) is 4.88 Å². The average Bonchev–Trinajstić information content (AvgIpc) is 2.95. The first-order chi connectivity index (χ1) is 10.7. The molecule has 2 aromatic rings. The number of aryl methyl sites for hydroxylation is 3. The number of amides is 1. The SMILES string of the molecule is Cc1nc(CCc2ccccc2)sc1C(=O)N1CCOCC1. The minimum atomic E-state index is 0.101. The van der Waals surface area contributed by atoms with Crippen molar-refractivity contribution >= 4 is 17.2 Å². The predicted molar refractivity (Wildman–Crippen MR) is 87.4 cm³/mol. The Balaban J connectivity index is 1.66. The van der Waals surface area contributed by atoms with Crippen LogP contribution >= 0.6 is 11.3 Å². The number of morpholine rings is 1. The number of carbonyl (C=O) groups is 1. The Morgan fingerprint density at radius 3 is 2.68 bits per heavy atom. The third-order valence-corrected chi connectivity index (χ3v) is 5.01. The molecular weight excluding hydrogens is 296 g/mol. The van der Waals surface area contributed by atoms with Crippen LogP contribution < -0.4 is 0 Å². The van der Waals surface area contributed by atoms with Crippen LogP contribution in [0, 0.1) is 6.92 Å². The molecule has 1 aromatic carbocycles. The van der Waals surface area contributed by atoms with Crippen LogP contribution in [0.15, 0.2) is 30.3 Å². The van der Waals surface area contributed by atoms with Crippen LogP contribution in [0.4, 0.5) is 0 Å². The molecule has 2 heterocycles. The highest BCUT2D eigenvalue weighted by Gasteiger charge is 2.23. The van der Waals surface area contributed by atoms with Gasteiger partial charge in [0.25, 0.3) is 5.91 Å². The lowest BCUT2D eigenvalue weighted by Gasteiger charge is -2.26. The average molecular weight is 316 g/mol. The summed E-state index contributed by atoms with van der Waals surface area (Å²) in [7, 11) is 0. The van der Waals surface area contributed by atoms with Crippen molar-refractivity contribution in [1.29, 1.82) is 0 Å². The van der Waals surface area contributed by atoms with E-state index in [-0.39, 0.29) is 5.91 Å². The monoisotopic (exact) mass is 316 g/mol. The van der Waals surface area contributed by atoms with E-state index in [0.29, 0.717) is 26.3 Å². The van der Waals surface area contributed by atoms with E-state index in [2.05, 4.69) is 29.2 Å². The van der Waals surface area contributed by atoms with E-state index in [4.69, 9.17) is 4.74 Å². The summed E-state index contributed by atoms with van der Waals surface area (Å²) in [6, 6.07) is 10.4. The van der Waals surface area contributed by atoms with Gasteiger partial charge >= 0.3 is 0 Å². The minimum Gasteiger partial charge on any atom is -0.378 e. The van der Waals surface area contributed by atoms with Gasteiger partial charge in [0.05, 0.1) is 23.9 Å². The second-order valence-corrected chi connectivity index (χ2v) is 6.50. The van der Waals surface area contributed by atoms with Crippen molar-refractivity contribution in [2.24, 2.45) is 0 Å². The largest absolute Gasteiger partial charge is 0.378 e. The fourth-order valence-electron chi connectivity index (χ4n) is 2.56. The Kier molecular flexibility index (Phi) is 4.85. The van der Waals surface area contributed by atoms with Gasteiger partial charge in [-0.15, -0.1) is 11.3 Å². The summed E-state index contributed by atoms with van der Waals surface area (Å²) in [5.41, 5.74) is 2.15. The normalized spacial score (nSPS) is 15.0. The maximum absolute atomic E-state index is 12.5. The lowest BCUT2D eigenvalue weighted by Crippen LogP contribution is -2.40. The van der Waals surface area contributed by atoms with Crippen molar-refractivity contribution in [3.05, 3.63) is 51.5 Å². The number of nitrogens with zero attached hydrogens (tertiary/aromatic N) is 2. The van der Waals surface area contributed by atoms with E-state index >= 15 is 0 Å². The predicted octanol–water partition coefficient (Wildman–Crippen LogP) is 2.71. The third-order valence-electron chi connectivity index (χ3n) is 3.80. The first-order valence-electron chi connectivity index (χ1n) is 7.61. The van der Waals surface area contributed by atoms with Gasteiger partial charge in [-0.2, -0.15) is 0 Å². The minimum absolute atomic E-state index is 0.101. The van der Waals surface area contributed by atoms with Crippen LogP contribution in [0.5, 0.6) is 0 Å². The highest BCUT2D eigenvalue weighted by Crippen LogP contribution is 2.22. The molecule has 1 saturated heterocycles. The van der Waals surface area contributed by atoms with E-state index in [9.17, 15) is 4.79 Å². The molecule has 0 radical (unpaired) electrons. The van der Waals surface area contributed by atoms with Crippen molar-refractivity contribution in [3.63, 3.8) is 0 Å². The summed E-state index contributed by atoms with van der Waals surface area (Å²) >= 11 is 1.54. The number of ether oxygens (including phenoxy) is 1. The van der Waals surface area contributed by atoms with Crippen molar-refractivity contribution < 1.29 is 9.53 Å². The topological polar surface area (TPSA) is 42.4 Å². The molecule has 1 fully saturated rings. The second kappa shape index (κ2) is 7.03. The first-order valence-corrected chi connectivity index (χ1v) is 8.43. The van der Waals surface area contributed by atoms with Gasteiger partial charge in [-0.25, -0.2) is 4.98 Å². The molecule has 0 N–H and O–H groups in total. The van der Waals surface area contributed by atoms with Gasteiger partial charge in [-0.1, -0.05) is 30.3 Å². The van der Waals surface area contributed by atoms with Crippen LogP contribution in [0.3, 0.4) is 0 Å². The fraction of sp³-hybridized carbons (Fsp3) is 0.412. The molecule has 0 saturated carbocycles. The Morgan fingerprint density at radius 2 is 1.95 bits per heavy atom. The number of hydrogen-bond acceptors (Lipinski definition) is 4. The molecule has 1 amide bonds. The van der Waals surface area contributed by atoms with Gasteiger partial charge in [-0.05, 0) is 18.9 Å². The zero-order valence-electron chi connectivity index (χ0n) is 12.7. The fourth-order valence-corrected chi connectivity index (χ4v) is 3.60. The molecule has 0 unspecified atom stereocenters. The maximum atomic E-state index is 12.5. The Labute approximate surface area is 134 Å². The zero-order valence-corrected chi connectivity index (χ0v) is 13.6. The van der Waals surface area contributed by atoms with Crippen molar-refractivity contribution in [2.45, 2.75) is 19.8 Å². The molecule has 116 valence electrons. The van der Waals surface area contributed by atoms with Crippen LogP contribution in [-0.4, -0.2) is 42.1 Å². The number of benzene rings is 1. The van der Waals surface area contributed by atoms with E-state index < -0.39 is 0 Å². The molecule has 1 aliphatic rings. The van der Waals surface area contributed by atoms with Crippen LogP contribution in [0.2, 0.25) is 0 Å². The van der Waals surface area contributed by atoms with Crippen LogP contribution in [0.1, 0.15) is 25.9 Å². The molecule has 0 bridgehead atoms.